The summed E-state index contributed by atoms with van der Waals surface area (Å²) in [5.74, 6) is -2.59. The fraction of sp³-hybridized carbons (Fsp3) is 0.389. The van der Waals surface area contributed by atoms with E-state index in [1.807, 2.05) is 85.9 Å². The lowest BCUT2D eigenvalue weighted by molar-refractivity contribution is -0.252. The van der Waals surface area contributed by atoms with Crippen LogP contribution in [0.1, 0.15) is 53.9 Å². The van der Waals surface area contributed by atoms with E-state index in [1.165, 1.54) is 0 Å². The number of benzene rings is 3. The van der Waals surface area contributed by atoms with Crippen LogP contribution in [-0.2, 0) is 32.2 Å². The molecule has 8 nitrogen and oxygen atoms in total. The lowest BCUT2D eigenvalue weighted by Crippen LogP contribution is -2.50. The number of nitrogens with zero attached hydrogens (tertiary/aromatic N) is 2. The predicted molar refractivity (Wildman–Crippen MR) is 171 cm³/mol. The molecule has 3 aromatic rings. The molecule has 0 radical (unpaired) electrons. The van der Waals surface area contributed by atoms with Crippen LogP contribution in [0.5, 0.6) is 0 Å². The highest BCUT2D eigenvalue weighted by atomic mass is 19.4. The number of ether oxygens (including phenoxy) is 2. The monoisotopic (exact) mass is 651 g/mol. The molecule has 0 aliphatic carbocycles. The first-order valence-corrected chi connectivity index (χ1v) is 15.7. The number of halogens is 3. The highest BCUT2D eigenvalue weighted by Gasteiger charge is 2.47. The fourth-order valence-corrected chi connectivity index (χ4v) is 6.15. The van der Waals surface area contributed by atoms with Crippen LogP contribution in [-0.4, -0.2) is 71.7 Å². The summed E-state index contributed by atoms with van der Waals surface area (Å²) in [5, 5.41) is 12.2. The predicted octanol–water partition coefficient (Wildman–Crippen LogP) is 5.68. The van der Waals surface area contributed by atoms with Crippen molar-refractivity contribution in [2.45, 2.75) is 63.1 Å². The number of carbonyl (C=O) groups excluding carboxylic acids is 2. The van der Waals surface area contributed by atoms with Crippen molar-refractivity contribution in [2.75, 3.05) is 26.7 Å². The standard InChI is InChI=1S/C36H40F3N3O5/c1-3-16-41(2)22-30-20-32(26-14-12-24(23-43)13-15-26)47-34(46-30)29-10-5-9-28(19-29)27-8-4-7-25(18-27)21-40-33(44)31-11-6-17-42(31)35(45)36(37,38)39/h3-5,7-10,12-15,18-19,30-32,34,43H,1,6,11,16-17,20-23H2,2H3,(H,40,44)/t30-,31+,32+,34+/m1/s1. The average molecular weight is 652 g/mol. The van der Waals surface area contributed by atoms with Gasteiger partial charge in [-0.15, -0.1) is 6.58 Å². The number of amides is 2. The first-order chi connectivity index (χ1) is 22.5. The van der Waals surface area contributed by atoms with Crippen LogP contribution in [0.4, 0.5) is 13.2 Å². The van der Waals surface area contributed by atoms with Gasteiger partial charge in [-0.3, -0.25) is 9.59 Å². The molecular weight excluding hydrogens is 611 g/mol. The average Bonchev–Trinajstić information content (AvgIpc) is 3.57. The quantitative estimate of drug-likeness (QED) is 0.260. The summed E-state index contributed by atoms with van der Waals surface area (Å²) < 4.78 is 52.0. The minimum absolute atomic E-state index is 0.0328. The molecule has 2 fully saturated rings. The SMILES string of the molecule is C=CCN(C)C[C@H]1C[C@@H](c2ccc(CO)cc2)O[C@@H](c2cccc(-c3cccc(CNC(=O)[C@@H]4CCCN4C(=O)C(F)(F)F)c3)c2)O1. The van der Waals surface area contributed by atoms with E-state index in [1.54, 1.807) is 0 Å². The van der Waals surface area contributed by atoms with Crippen LogP contribution in [0.3, 0.4) is 0 Å². The maximum Gasteiger partial charge on any atom is 0.471 e. The third kappa shape index (κ3) is 8.66. The first-order valence-electron chi connectivity index (χ1n) is 15.7. The van der Waals surface area contributed by atoms with Gasteiger partial charge in [-0.2, -0.15) is 13.2 Å². The maximum atomic E-state index is 13.0. The van der Waals surface area contributed by atoms with E-state index in [9.17, 15) is 27.9 Å². The normalized spacial score (nSPS) is 21.5. The van der Waals surface area contributed by atoms with E-state index in [-0.39, 0.29) is 38.3 Å². The molecule has 4 atom stereocenters. The van der Waals surface area contributed by atoms with Gasteiger partial charge in [0.2, 0.25) is 5.91 Å². The van der Waals surface area contributed by atoms with Crippen molar-refractivity contribution in [3.8, 4) is 11.1 Å². The number of aliphatic hydroxyl groups is 1. The summed E-state index contributed by atoms with van der Waals surface area (Å²) in [6.07, 6.45) is -2.95. The molecule has 0 bridgehead atoms. The van der Waals surface area contributed by atoms with Crippen molar-refractivity contribution in [3.05, 3.63) is 108 Å². The summed E-state index contributed by atoms with van der Waals surface area (Å²) in [4.78, 5) is 27.4. The summed E-state index contributed by atoms with van der Waals surface area (Å²) in [6, 6.07) is 22.0. The van der Waals surface area contributed by atoms with E-state index in [0.29, 0.717) is 24.3 Å². The van der Waals surface area contributed by atoms with Crippen LogP contribution in [0, 0.1) is 0 Å². The van der Waals surface area contributed by atoms with Crippen LogP contribution in [0.15, 0.2) is 85.5 Å². The Bertz CT molecular complexity index is 1550. The van der Waals surface area contributed by atoms with Crippen molar-refractivity contribution in [3.63, 3.8) is 0 Å². The summed E-state index contributed by atoms with van der Waals surface area (Å²) in [5.41, 5.74) is 5.20. The van der Waals surface area contributed by atoms with E-state index < -0.39 is 30.3 Å². The Morgan fingerprint density at radius 2 is 1.74 bits per heavy atom. The second kappa shape index (κ2) is 15.2. The van der Waals surface area contributed by atoms with Crippen molar-refractivity contribution in [1.29, 1.82) is 0 Å². The first kappa shape index (κ1) is 34.3. The van der Waals surface area contributed by atoms with Crippen LogP contribution >= 0.6 is 0 Å². The van der Waals surface area contributed by atoms with E-state index in [0.717, 1.165) is 39.9 Å². The lowest BCUT2D eigenvalue weighted by Gasteiger charge is -2.37. The second-order valence-corrected chi connectivity index (χ2v) is 12.1. The molecule has 3 aromatic carbocycles. The van der Waals surface area contributed by atoms with Gasteiger partial charge in [0, 0.05) is 38.2 Å². The Morgan fingerprint density at radius 3 is 2.45 bits per heavy atom. The minimum atomic E-state index is -5.02. The number of nitrogens with one attached hydrogen (secondary N) is 1. The Kier molecular flexibility index (Phi) is 11.1. The van der Waals surface area contributed by atoms with Crippen molar-refractivity contribution < 1.29 is 37.3 Å². The zero-order valence-electron chi connectivity index (χ0n) is 26.3. The number of aliphatic hydroxyl groups excluding tert-OH is 1. The smallest absolute Gasteiger partial charge is 0.392 e. The zero-order valence-corrected chi connectivity index (χ0v) is 26.3. The topological polar surface area (TPSA) is 91.3 Å². The molecule has 5 rings (SSSR count). The zero-order chi connectivity index (χ0) is 33.6. The molecule has 11 heteroatoms. The molecule has 0 saturated carbocycles. The van der Waals surface area contributed by atoms with E-state index in [4.69, 9.17) is 9.47 Å². The second-order valence-electron chi connectivity index (χ2n) is 12.1. The number of carbonyl (C=O) groups is 2. The summed E-state index contributed by atoms with van der Waals surface area (Å²) in [6.45, 7) is 5.21. The van der Waals surface area contributed by atoms with Crippen LogP contribution in [0.25, 0.3) is 11.1 Å². The molecule has 47 heavy (non-hydrogen) atoms. The van der Waals surface area contributed by atoms with Crippen molar-refractivity contribution >= 4 is 11.8 Å². The van der Waals surface area contributed by atoms with Gasteiger partial charge < -0.3 is 29.7 Å². The Hall–Kier alpha value is -4.03. The van der Waals surface area contributed by atoms with Gasteiger partial charge in [0.25, 0.3) is 0 Å². The molecule has 2 heterocycles. The van der Waals surface area contributed by atoms with Crippen LogP contribution < -0.4 is 5.32 Å². The Morgan fingerprint density at radius 1 is 1.02 bits per heavy atom. The maximum absolute atomic E-state index is 13.0. The van der Waals surface area contributed by atoms with Gasteiger partial charge >= 0.3 is 12.1 Å². The largest absolute Gasteiger partial charge is 0.471 e. The lowest BCUT2D eigenvalue weighted by atomic mass is 9.98. The number of hydrogen-bond donors (Lipinski definition) is 2. The molecule has 0 aromatic heterocycles. The molecule has 2 aliphatic rings. The highest BCUT2D eigenvalue weighted by molar-refractivity contribution is 5.90. The summed E-state index contributed by atoms with van der Waals surface area (Å²) >= 11 is 0. The fourth-order valence-electron chi connectivity index (χ4n) is 6.15. The molecule has 2 saturated heterocycles. The van der Waals surface area contributed by atoms with E-state index >= 15 is 0 Å². The Balaban J connectivity index is 1.30. The third-order valence-corrected chi connectivity index (χ3v) is 8.52. The highest BCUT2D eigenvalue weighted by Crippen LogP contribution is 2.39. The molecular formula is C36H40F3N3O5. The number of likely N-dealkylation sites (N-methyl/N-ethyl adjacent to an activating group) is 1. The molecule has 2 amide bonds. The number of likely N-dealkylation sites (tertiary alicyclic amines) is 1. The number of alkyl halides is 3. The van der Waals surface area contributed by atoms with E-state index in [2.05, 4.69) is 16.8 Å². The minimum Gasteiger partial charge on any atom is -0.392 e. The Labute approximate surface area is 272 Å². The number of hydrogen-bond acceptors (Lipinski definition) is 6. The number of rotatable bonds is 11. The van der Waals surface area contributed by atoms with Gasteiger partial charge in [-0.1, -0.05) is 66.7 Å². The van der Waals surface area contributed by atoms with Crippen molar-refractivity contribution in [2.24, 2.45) is 0 Å². The summed E-state index contributed by atoms with van der Waals surface area (Å²) in [7, 11) is 2.02. The molecule has 2 N–H and O–H groups in total. The molecule has 0 unspecified atom stereocenters. The third-order valence-electron chi connectivity index (χ3n) is 8.52. The van der Waals surface area contributed by atoms with Gasteiger partial charge in [-0.25, -0.2) is 0 Å². The van der Waals surface area contributed by atoms with Gasteiger partial charge in [0.05, 0.1) is 18.8 Å². The molecule has 0 spiro atoms. The van der Waals surface area contributed by atoms with Gasteiger partial charge in [-0.05, 0) is 59.8 Å². The molecule has 250 valence electrons. The van der Waals surface area contributed by atoms with Crippen molar-refractivity contribution in [1.82, 2.24) is 15.1 Å². The van der Waals surface area contributed by atoms with Crippen LogP contribution in [0.2, 0.25) is 0 Å². The van der Waals surface area contributed by atoms with Gasteiger partial charge in [0.1, 0.15) is 6.04 Å². The molecule has 2 aliphatic heterocycles. The van der Waals surface area contributed by atoms with Gasteiger partial charge in [0.15, 0.2) is 6.29 Å².